The number of carbonyl (C=O) groups is 2. The van der Waals surface area contributed by atoms with Crippen molar-refractivity contribution < 1.29 is 14.3 Å². The van der Waals surface area contributed by atoms with Crippen LogP contribution < -0.4 is 15.6 Å². The van der Waals surface area contributed by atoms with Crippen molar-refractivity contribution in [3.8, 4) is 17.1 Å². The fourth-order valence-electron chi connectivity index (χ4n) is 3.05. The number of H-pyrrole nitrogens is 1. The number of carbonyl (C=O) groups excluding carboxylic acids is 2. The second-order valence-electron chi connectivity index (χ2n) is 7.62. The Morgan fingerprint density at radius 3 is 2.56 bits per heavy atom. The number of nitrogens with one attached hydrogen (secondary N) is 3. The van der Waals surface area contributed by atoms with Gasteiger partial charge in [0, 0.05) is 18.5 Å². The fraction of sp³-hybridized carbons (Fsp3) is 0.304. The summed E-state index contributed by atoms with van der Waals surface area (Å²) in [5.74, 6) is 0.495. The van der Waals surface area contributed by atoms with Gasteiger partial charge in [-0.1, -0.05) is 42.0 Å². The molecule has 8 nitrogen and oxygen atoms in total. The van der Waals surface area contributed by atoms with Crippen molar-refractivity contribution in [1.82, 2.24) is 25.6 Å². The van der Waals surface area contributed by atoms with Gasteiger partial charge >= 0.3 is 0 Å². The monoisotopic (exact) mass is 453 g/mol. The SMILES string of the molecule is Cc1ccc(-c2n[nH]c(=S)n2CCC(=O)NNC(=O)[C@@H](C)Oc2cccc(C)c2C)cc1. The topological polar surface area (TPSA) is 101 Å². The van der Waals surface area contributed by atoms with Crippen molar-refractivity contribution in [2.45, 2.75) is 46.8 Å². The van der Waals surface area contributed by atoms with Gasteiger partial charge in [-0.15, -0.1) is 0 Å². The molecule has 2 amide bonds. The Kier molecular flexibility index (Phi) is 7.42. The first-order valence-corrected chi connectivity index (χ1v) is 10.7. The first kappa shape index (κ1) is 23.2. The summed E-state index contributed by atoms with van der Waals surface area (Å²) < 4.78 is 7.92. The molecule has 0 bridgehead atoms. The zero-order valence-corrected chi connectivity index (χ0v) is 19.4. The number of aromatic amines is 1. The first-order chi connectivity index (χ1) is 15.3. The quantitative estimate of drug-likeness (QED) is 0.375. The number of nitrogens with zero attached hydrogens (tertiary/aromatic N) is 2. The Morgan fingerprint density at radius 1 is 1.12 bits per heavy atom. The van der Waals surface area contributed by atoms with E-state index < -0.39 is 12.0 Å². The largest absolute Gasteiger partial charge is 0.481 e. The Morgan fingerprint density at radius 2 is 1.84 bits per heavy atom. The van der Waals surface area contributed by atoms with E-state index in [9.17, 15) is 9.59 Å². The van der Waals surface area contributed by atoms with E-state index in [4.69, 9.17) is 17.0 Å². The molecule has 0 saturated heterocycles. The van der Waals surface area contributed by atoms with E-state index in [1.165, 1.54) is 0 Å². The lowest BCUT2D eigenvalue weighted by molar-refractivity contribution is -0.132. The summed E-state index contributed by atoms with van der Waals surface area (Å²) >= 11 is 5.30. The van der Waals surface area contributed by atoms with Crippen molar-refractivity contribution in [3.63, 3.8) is 0 Å². The van der Waals surface area contributed by atoms with Crippen molar-refractivity contribution in [2.24, 2.45) is 0 Å². The molecule has 3 aromatic rings. The molecule has 1 heterocycles. The van der Waals surface area contributed by atoms with E-state index in [1.54, 1.807) is 11.5 Å². The number of ether oxygens (including phenoxy) is 1. The van der Waals surface area contributed by atoms with Crippen LogP contribution in [0.15, 0.2) is 42.5 Å². The van der Waals surface area contributed by atoms with Crippen molar-refractivity contribution in [1.29, 1.82) is 0 Å². The standard InChI is InChI=1S/C23H27N5O3S/c1-14-8-10-18(11-9-14)21-25-27-23(32)28(21)13-12-20(29)24-26-22(30)17(4)31-19-7-5-6-15(2)16(19)3/h5-11,17H,12-13H2,1-4H3,(H,24,29)(H,26,30)(H,27,32)/t17-/m1/s1. The molecule has 3 rings (SSSR count). The van der Waals surface area contributed by atoms with Gasteiger partial charge in [0.1, 0.15) is 5.75 Å². The van der Waals surface area contributed by atoms with Crippen LogP contribution >= 0.6 is 12.2 Å². The van der Waals surface area contributed by atoms with Crippen LogP contribution in [0.5, 0.6) is 5.75 Å². The van der Waals surface area contributed by atoms with E-state index in [0.717, 1.165) is 22.3 Å². The van der Waals surface area contributed by atoms with Crippen LogP contribution in [0, 0.1) is 25.5 Å². The van der Waals surface area contributed by atoms with Gasteiger partial charge in [-0.2, -0.15) is 5.10 Å². The van der Waals surface area contributed by atoms with Gasteiger partial charge in [-0.3, -0.25) is 30.1 Å². The van der Waals surface area contributed by atoms with Gasteiger partial charge in [-0.05, 0) is 57.1 Å². The van der Waals surface area contributed by atoms with Gasteiger partial charge in [0.05, 0.1) is 0 Å². The molecule has 0 aliphatic rings. The molecule has 1 aromatic heterocycles. The molecule has 0 radical (unpaired) electrons. The van der Waals surface area contributed by atoms with Crippen LogP contribution in [0.1, 0.15) is 30.0 Å². The van der Waals surface area contributed by atoms with Gasteiger partial charge in [0.25, 0.3) is 5.91 Å². The highest BCUT2D eigenvalue weighted by Gasteiger charge is 2.17. The maximum Gasteiger partial charge on any atom is 0.279 e. The smallest absolute Gasteiger partial charge is 0.279 e. The summed E-state index contributed by atoms with van der Waals surface area (Å²) in [6.45, 7) is 7.86. The molecule has 32 heavy (non-hydrogen) atoms. The van der Waals surface area contributed by atoms with Crippen LogP contribution in [0.2, 0.25) is 0 Å². The molecular formula is C23H27N5O3S. The van der Waals surface area contributed by atoms with E-state index in [-0.39, 0.29) is 12.3 Å². The molecule has 1 atom stereocenters. The minimum atomic E-state index is -0.772. The maximum atomic E-state index is 12.3. The number of rotatable bonds is 7. The summed E-state index contributed by atoms with van der Waals surface area (Å²) in [5.41, 5.74) is 8.92. The molecule has 3 N–H and O–H groups in total. The Balaban J connectivity index is 1.53. The van der Waals surface area contributed by atoms with Crippen LogP contribution in [0.25, 0.3) is 11.4 Å². The highest BCUT2D eigenvalue weighted by molar-refractivity contribution is 7.71. The molecule has 9 heteroatoms. The normalized spacial score (nSPS) is 11.6. The van der Waals surface area contributed by atoms with E-state index >= 15 is 0 Å². The summed E-state index contributed by atoms with van der Waals surface area (Å²) in [7, 11) is 0. The summed E-state index contributed by atoms with van der Waals surface area (Å²) in [6, 6.07) is 13.5. The molecule has 0 aliphatic carbocycles. The van der Waals surface area contributed by atoms with Gasteiger partial charge in [0.2, 0.25) is 5.91 Å². The molecule has 0 spiro atoms. The minimum Gasteiger partial charge on any atom is -0.481 e. The Labute approximate surface area is 192 Å². The maximum absolute atomic E-state index is 12.3. The zero-order chi connectivity index (χ0) is 23.3. The van der Waals surface area contributed by atoms with Crippen molar-refractivity contribution in [3.05, 3.63) is 63.9 Å². The first-order valence-electron chi connectivity index (χ1n) is 10.3. The van der Waals surface area contributed by atoms with E-state index in [1.807, 2.05) is 63.2 Å². The number of aromatic nitrogens is 3. The average molecular weight is 454 g/mol. The second-order valence-corrected chi connectivity index (χ2v) is 8.00. The van der Waals surface area contributed by atoms with Gasteiger partial charge in [-0.25, -0.2) is 0 Å². The molecule has 0 unspecified atom stereocenters. The minimum absolute atomic E-state index is 0.110. The fourth-order valence-corrected chi connectivity index (χ4v) is 3.28. The van der Waals surface area contributed by atoms with E-state index in [0.29, 0.717) is 22.9 Å². The zero-order valence-electron chi connectivity index (χ0n) is 18.6. The van der Waals surface area contributed by atoms with E-state index in [2.05, 4.69) is 21.0 Å². The Bertz CT molecular complexity index is 1170. The predicted molar refractivity (Wildman–Crippen MR) is 124 cm³/mol. The third-order valence-electron chi connectivity index (χ3n) is 5.18. The molecule has 0 aliphatic heterocycles. The van der Waals surface area contributed by atoms with Crippen LogP contribution in [-0.4, -0.2) is 32.7 Å². The average Bonchev–Trinajstić information content (AvgIpc) is 3.14. The molecular weight excluding hydrogens is 426 g/mol. The number of benzene rings is 2. The second kappa shape index (κ2) is 10.2. The number of hydrogen-bond donors (Lipinski definition) is 3. The third-order valence-corrected chi connectivity index (χ3v) is 5.50. The molecule has 0 saturated carbocycles. The van der Waals surface area contributed by atoms with Gasteiger partial charge in [0.15, 0.2) is 16.7 Å². The van der Waals surface area contributed by atoms with Crippen molar-refractivity contribution >= 4 is 24.0 Å². The lowest BCUT2D eigenvalue weighted by Crippen LogP contribution is -2.47. The van der Waals surface area contributed by atoms with Crippen LogP contribution in [0.4, 0.5) is 0 Å². The molecule has 0 fully saturated rings. The number of hydrogen-bond acceptors (Lipinski definition) is 5. The summed E-state index contributed by atoms with van der Waals surface area (Å²) in [4.78, 5) is 24.6. The highest BCUT2D eigenvalue weighted by atomic mass is 32.1. The third kappa shape index (κ3) is 5.61. The predicted octanol–water partition coefficient (Wildman–Crippen LogP) is 3.54. The lowest BCUT2D eigenvalue weighted by Gasteiger charge is -2.17. The molecule has 168 valence electrons. The van der Waals surface area contributed by atoms with Crippen molar-refractivity contribution in [2.75, 3.05) is 0 Å². The molecule has 2 aromatic carbocycles. The Hall–Kier alpha value is -3.46. The van der Waals surface area contributed by atoms with Gasteiger partial charge < -0.3 is 4.74 Å². The van der Waals surface area contributed by atoms with Crippen LogP contribution in [0.3, 0.4) is 0 Å². The number of amides is 2. The summed E-state index contributed by atoms with van der Waals surface area (Å²) in [5, 5.41) is 7.04. The van der Waals surface area contributed by atoms with Crippen LogP contribution in [-0.2, 0) is 16.1 Å². The lowest BCUT2D eigenvalue weighted by atomic mass is 10.1. The highest BCUT2D eigenvalue weighted by Crippen LogP contribution is 2.22. The number of hydrazine groups is 1. The summed E-state index contributed by atoms with van der Waals surface area (Å²) in [6.07, 6.45) is -0.661. The number of aryl methyl sites for hydroxylation is 2.